The Balaban J connectivity index is 1.36. The van der Waals surface area contributed by atoms with E-state index in [9.17, 15) is 4.79 Å². The molecule has 1 heterocycles. The first-order chi connectivity index (χ1) is 16.1. The first-order valence-corrected chi connectivity index (χ1v) is 11.8. The normalized spacial score (nSPS) is 10.8. The van der Waals surface area contributed by atoms with Crippen molar-refractivity contribution in [2.45, 2.75) is 6.92 Å². The lowest BCUT2D eigenvalue weighted by molar-refractivity contribution is 0.0526. The molecule has 6 nitrogen and oxygen atoms in total. The number of hydrogen-bond acceptors (Lipinski definition) is 7. The molecule has 0 amide bonds. The minimum absolute atomic E-state index is 0.342. The third kappa shape index (κ3) is 6.06. The van der Waals surface area contributed by atoms with Gasteiger partial charge in [0, 0.05) is 21.0 Å². The van der Waals surface area contributed by atoms with Crippen LogP contribution in [0.4, 0.5) is 5.13 Å². The van der Waals surface area contributed by atoms with Gasteiger partial charge in [-0.15, -0.1) is 11.3 Å². The number of carbonyl (C=O) groups excluding carboxylic acids is 1. The van der Waals surface area contributed by atoms with Crippen LogP contribution in [-0.2, 0) is 4.74 Å². The van der Waals surface area contributed by atoms with Crippen LogP contribution in [0.5, 0.6) is 11.5 Å². The van der Waals surface area contributed by atoms with E-state index < -0.39 is 0 Å². The van der Waals surface area contributed by atoms with Gasteiger partial charge in [-0.05, 0) is 65.3 Å². The van der Waals surface area contributed by atoms with Gasteiger partial charge in [-0.25, -0.2) is 9.78 Å². The maximum atomic E-state index is 11.7. The fourth-order valence-corrected chi connectivity index (χ4v) is 4.04. The molecule has 8 heteroatoms. The van der Waals surface area contributed by atoms with Gasteiger partial charge in [-0.3, -0.25) is 5.43 Å². The Morgan fingerprint density at radius 2 is 1.85 bits per heavy atom. The topological polar surface area (TPSA) is 72.8 Å². The number of hydrazone groups is 1. The Bertz CT molecular complexity index is 1260. The predicted octanol–water partition coefficient (Wildman–Crippen LogP) is 6.99. The van der Waals surface area contributed by atoms with Crippen molar-refractivity contribution in [2.75, 3.05) is 12.0 Å². The number of aromatic nitrogens is 1. The summed E-state index contributed by atoms with van der Waals surface area (Å²) in [4.78, 5) is 16.3. The summed E-state index contributed by atoms with van der Waals surface area (Å²) in [5.74, 6) is 0.928. The van der Waals surface area contributed by atoms with E-state index in [4.69, 9.17) is 9.47 Å². The second kappa shape index (κ2) is 10.9. The summed E-state index contributed by atoms with van der Waals surface area (Å²) in [6.45, 7) is 2.12. The molecule has 0 saturated heterocycles. The minimum Gasteiger partial charge on any atom is -0.462 e. The third-order valence-corrected chi connectivity index (χ3v) is 5.94. The van der Waals surface area contributed by atoms with Crippen molar-refractivity contribution in [2.24, 2.45) is 5.10 Å². The van der Waals surface area contributed by atoms with Gasteiger partial charge in [0.15, 0.2) is 0 Å². The largest absolute Gasteiger partial charge is 0.462 e. The number of ether oxygens (including phenoxy) is 2. The molecule has 4 aromatic rings. The van der Waals surface area contributed by atoms with Gasteiger partial charge in [-0.1, -0.05) is 30.3 Å². The lowest BCUT2D eigenvalue weighted by Crippen LogP contribution is -2.04. The molecule has 166 valence electrons. The number of nitrogens with one attached hydrogen (secondary N) is 1. The van der Waals surface area contributed by atoms with E-state index >= 15 is 0 Å². The van der Waals surface area contributed by atoms with Crippen LogP contribution in [0.3, 0.4) is 0 Å². The standard InChI is InChI=1S/C25H20BrN3O3S/c1-2-31-24(30)18-8-11-20(12-9-18)32-21-13-10-19(22(26)14-21)15-27-29-25-28-23(16-33-25)17-6-4-3-5-7-17/h3-16H,2H2,1H3,(H,28,29). The van der Waals surface area contributed by atoms with E-state index in [1.807, 2.05) is 53.9 Å². The number of esters is 1. The minimum atomic E-state index is -0.349. The Kier molecular flexibility index (Phi) is 7.49. The zero-order valence-electron chi connectivity index (χ0n) is 17.7. The van der Waals surface area contributed by atoms with Gasteiger partial charge in [0.05, 0.1) is 24.1 Å². The molecule has 4 rings (SSSR count). The number of anilines is 1. The molecule has 1 N–H and O–H groups in total. The lowest BCUT2D eigenvalue weighted by atomic mass is 10.2. The van der Waals surface area contributed by atoms with Gasteiger partial charge in [0.25, 0.3) is 0 Å². The third-order valence-electron chi connectivity index (χ3n) is 4.51. The van der Waals surface area contributed by atoms with Crippen LogP contribution >= 0.6 is 27.3 Å². The van der Waals surface area contributed by atoms with Crippen LogP contribution < -0.4 is 10.2 Å². The van der Waals surface area contributed by atoms with Crippen molar-refractivity contribution in [3.63, 3.8) is 0 Å². The van der Waals surface area contributed by atoms with E-state index in [0.717, 1.165) is 21.3 Å². The van der Waals surface area contributed by atoms with Crippen molar-refractivity contribution in [1.29, 1.82) is 0 Å². The fraction of sp³-hybridized carbons (Fsp3) is 0.0800. The smallest absolute Gasteiger partial charge is 0.338 e. The van der Waals surface area contributed by atoms with Gasteiger partial charge in [0.2, 0.25) is 5.13 Å². The monoisotopic (exact) mass is 521 g/mol. The number of halogens is 1. The molecule has 0 aliphatic rings. The van der Waals surface area contributed by atoms with Crippen molar-refractivity contribution in [3.05, 3.63) is 93.8 Å². The average molecular weight is 522 g/mol. The van der Waals surface area contributed by atoms with Crippen molar-refractivity contribution in [3.8, 4) is 22.8 Å². The van der Waals surface area contributed by atoms with Crippen LogP contribution in [0.15, 0.2) is 87.8 Å². The number of carbonyl (C=O) groups is 1. The average Bonchev–Trinajstić information content (AvgIpc) is 3.31. The van der Waals surface area contributed by atoms with E-state index in [0.29, 0.717) is 28.8 Å². The Labute approximate surface area is 204 Å². The van der Waals surface area contributed by atoms with Crippen molar-refractivity contribution < 1.29 is 14.3 Å². The maximum absolute atomic E-state index is 11.7. The van der Waals surface area contributed by atoms with E-state index in [1.54, 1.807) is 37.4 Å². The van der Waals surface area contributed by atoms with Gasteiger partial charge in [-0.2, -0.15) is 5.10 Å². The summed E-state index contributed by atoms with van der Waals surface area (Å²) in [7, 11) is 0. The van der Waals surface area contributed by atoms with Crippen LogP contribution in [-0.4, -0.2) is 23.8 Å². The summed E-state index contributed by atoms with van der Waals surface area (Å²) in [5, 5.41) is 7.00. The highest BCUT2D eigenvalue weighted by Gasteiger charge is 2.07. The molecule has 3 aromatic carbocycles. The lowest BCUT2D eigenvalue weighted by Gasteiger charge is -2.08. The Morgan fingerprint density at radius 3 is 2.58 bits per heavy atom. The second-order valence-corrected chi connectivity index (χ2v) is 8.52. The highest BCUT2D eigenvalue weighted by Crippen LogP contribution is 2.27. The predicted molar refractivity (Wildman–Crippen MR) is 135 cm³/mol. The Hall–Kier alpha value is -3.49. The second-order valence-electron chi connectivity index (χ2n) is 6.80. The quantitative estimate of drug-likeness (QED) is 0.153. The molecule has 0 fully saturated rings. The van der Waals surface area contributed by atoms with E-state index in [-0.39, 0.29) is 5.97 Å². The molecular weight excluding hydrogens is 502 g/mol. The molecule has 1 aromatic heterocycles. The molecule has 0 saturated carbocycles. The first-order valence-electron chi connectivity index (χ1n) is 10.2. The number of thiazole rings is 1. The van der Waals surface area contributed by atoms with Gasteiger partial charge >= 0.3 is 5.97 Å². The van der Waals surface area contributed by atoms with Crippen LogP contribution in [0, 0.1) is 0 Å². The molecule has 0 radical (unpaired) electrons. The summed E-state index contributed by atoms with van der Waals surface area (Å²) in [5.41, 5.74) is 6.33. The summed E-state index contributed by atoms with van der Waals surface area (Å²) < 4.78 is 11.7. The molecule has 0 spiro atoms. The SMILES string of the molecule is CCOC(=O)c1ccc(Oc2ccc(C=NNc3nc(-c4ccccc4)cs3)c(Br)c2)cc1. The fourth-order valence-electron chi connectivity index (χ4n) is 2.91. The molecule has 0 aliphatic heterocycles. The molecule has 0 bridgehead atoms. The number of hydrogen-bond donors (Lipinski definition) is 1. The number of rotatable bonds is 8. The van der Waals surface area contributed by atoms with Crippen LogP contribution in [0.2, 0.25) is 0 Å². The number of benzene rings is 3. The molecular formula is C25H20BrN3O3S. The Morgan fingerprint density at radius 1 is 1.09 bits per heavy atom. The highest BCUT2D eigenvalue weighted by atomic mass is 79.9. The zero-order chi connectivity index (χ0) is 23.0. The first kappa shape index (κ1) is 22.7. The number of nitrogens with zero attached hydrogens (tertiary/aromatic N) is 2. The molecule has 33 heavy (non-hydrogen) atoms. The summed E-state index contributed by atoms with van der Waals surface area (Å²) in [6, 6.07) is 22.4. The highest BCUT2D eigenvalue weighted by molar-refractivity contribution is 9.10. The zero-order valence-corrected chi connectivity index (χ0v) is 20.1. The van der Waals surface area contributed by atoms with Crippen molar-refractivity contribution >= 4 is 44.6 Å². The molecule has 0 unspecified atom stereocenters. The van der Waals surface area contributed by atoms with Crippen LogP contribution in [0.1, 0.15) is 22.8 Å². The van der Waals surface area contributed by atoms with Crippen LogP contribution in [0.25, 0.3) is 11.3 Å². The van der Waals surface area contributed by atoms with Gasteiger partial charge < -0.3 is 9.47 Å². The summed E-state index contributed by atoms with van der Waals surface area (Å²) >= 11 is 5.05. The van der Waals surface area contributed by atoms with Gasteiger partial charge in [0.1, 0.15) is 11.5 Å². The molecule has 0 atom stereocenters. The van der Waals surface area contributed by atoms with Crippen molar-refractivity contribution in [1.82, 2.24) is 4.98 Å². The summed E-state index contributed by atoms with van der Waals surface area (Å²) in [6.07, 6.45) is 1.71. The molecule has 0 aliphatic carbocycles. The van der Waals surface area contributed by atoms with E-state index in [1.165, 1.54) is 11.3 Å². The maximum Gasteiger partial charge on any atom is 0.338 e. The van der Waals surface area contributed by atoms with E-state index in [2.05, 4.69) is 31.4 Å².